The smallest absolute Gasteiger partial charge is 0.407 e. The predicted octanol–water partition coefficient (Wildman–Crippen LogP) is 3.75. The Labute approximate surface area is 228 Å². The molecule has 1 saturated heterocycles. The monoisotopic (exact) mass is 529 g/mol. The van der Waals surface area contributed by atoms with Crippen LogP contribution in [0.1, 0.15) is 50.2 Å². The van der Waals surface area contributed by atoms with E-state index in [1.54, 1.807) is 0 Å². The maximum atomic E-state index is 13.4. The van der Waals surface area contributed by atoms with E-state index >= 15 is 0 Å². The van der Waals surface area contributed by atoms with Gasteiger partial charge in [0.1, 0.15) is 11.9 Å². The number of nitrogens with one attached hydrogen (secondary N) is 3. The molecule has 0 aliphatic carbocycles. The molecule has 10 heteroatoms. The van der Waals surface area contributed by atoms with Crippen LogP contribution in [-0.4, -0.2) is 59.1 Å². The Kier molecular flexibility index (Phi) is 7.53. The fourth-order valence-electron chi connectivity index (χ4n) is 5.23. The van der Waals surface area contributed by atoms with Gasteiger partial charge in [-0.2, -0.15) is 0 Å². The summed E-state index contributed by atoms with van der Waals surface area (Å²) in [6.07, 6.45) is 2.96. The summed E-state index contributed by atoms with van der Waals surface area (Å²) in [5.41, 5.74) is 10.9. The van der Waals surface area contributed by atoms with Crippen LogP contribution in [0, 0.1) is 5.92 Å². The van der Waals surface area contributed by atoms with Gasteiger partial charge in [-0.1, -0.05) is 62.4 Å². The first kappa shape index (κ1) is 26.3. The van der Waals surface area contributed by atoms with E-state index < -0.39 is 12.1 Å². The van der Waals surface area contributed by atoms with Crippen molar-refractivity contribution in [2.75, 3.05) is 20.2 Å². The molecule has 39 heavy (non-hydrogen) atoms. The summed E-state index contributed by atoms with van der Waals surface area (Å²) in [5, 5.41) is 5.75. The summed E-state index contributed by atoms with van der Waals surface area (Å²) < 4.78 is 4.72. The molecule has 2 aliphatic rings. The van der Waals surface area contributed by atoms with Crippen LogP contribution >= 0.6 is 0 Å². The van der Waals surface area contributed by atoms with E-state index in [2.05, 4.69) is 69.1 Å². The van der Waals surface area contributed by atoms with Crippen molar-refractivity contribution >= 4 is 18.0 Å². The van der Waals surface area contributed by atoms with Gasteiger partial charge in [0.25, 0.3) is 0 Å². The normalized spacial score (nSPS) is 19.5. The molecule has 3 atom stereocenters. The molecular weight excluding hydrogens is 494 g/mol. The van der Waals surface area contributed by atoms with Crippen molar-refractivity contribution in [3.05, 3.63) is 66.1 Å². The van der Waals surface area contributed by atoms with Gasteiger partial charge in [0.05, 0.1) is 24.9 Å². The fourth-order valence-corrected chi connectivity index (χ4v) is 5.23. The minimum Gasteiger partial charge on any atom is -0.453 e. The van der Waals surface area contributed by atoms with Crippen molar-refractivity contribution in [1.29, 1.82) is 0 Å². The number of benzene rings is 2. The third-order valence-electron chi connectivity index (χ3n) is 7.42. The van der Waals surface area contributed by atoms with Crippen LogP contribution in [-0.2, 0) is 9.53 Å². The molecule has 3 heterocycles. The zero-order valence-electron chi connectivity index (χ0n) is 22.5. The number of H-pyrrole nitrogens is 1. The summed E-state index contributed by atoms with van der Waals surface area (Å²) in [5.74, 6) is 1.04. The molecule has 0 saturated carbocycles. The van der Waals surface area contributed by atoms with E-state index in [-0.39, 0.29) is 23.9 Å². The standard InChI is InChI=1S/C29H35N7O3/c1-17(2)25(35-29(38)39-3)27(37)36-14-4-5-24(36)26-31-15-22(33-26)20-10-6-18(7-11-20)19-8-12-21(13-9-19)23-16-32-28(30)34-23/h6-13,15,17,23-25H,4-5,14,16H2,1-3H3,(H,31,33)(H,35,38)(H3,30,32,34)/t23?,24-,25-/m0/s1. The summed E-state index contributed by atoms with van der Waals surface area (Å²) in [6.45, 7) is 5.16. The predicted molar refractivity (Wildman–Crippen MR) is 150 cm³/mol. The van der Waals surface area contributed by atoms with E-state index in [0.29, 0.717) is 12.5 Å². The Morgan fingerprint density at radius 2 is 1.74 bits per heavy atom. The quantitative estimate of drug-likeness (QED) is 0.368. The highest BCUT2D eigenvalue weighted by Crippen LogP contribution is 2.33. The SMILES string of the molecule is COC(=O)N[C@H](C(=O)N1CCC[C@H]1c1nc(-c2ccc(-c3ccc(C4CNC(N)=N4)cc3)cc2)c[nH]1)C(C)C. The van der Waals surface area contributed by atoms with E-state index in [1.807, 2.05) is 24.9 Å². The number of aromatic nitrogens is 2. The Hall–Kier alpha value is -4.34. The van der Waals surface area contributed by atoms with Crippen molar-refractivity contribution in [1.82, 2.24) is 25.5 Å². The number of hydrogen-bond donors (Lipinski definition) is 4. The molecule has 204 valence electrons. The second kappa shape index (κ2) is 11.2. The third kappa shape index (κ3) is 5.59. The molecule has 0 radical (unpaired) electrons. The van der Waals surface area contributed by atoms with E-state index in [4.69, 9.17) is 15.5 Å². The zero-order chi connectivity index (χ0) is 27.5. The average molecular weight is 530 g/mol. The lowest BCUT2D eigenvalue weighted by Gasteiger charge is -2.29. The topological polar surface area (TPSA) is 138 Å². The lowest BCUT2D eigenvalue weighted by atomic mass is 10.00. The number of imidazole rings is 1. The molecule has 0 bridgehead atoms. The molecule has 1 aromatic heterocycles. The number of guanidine groups is 1. The van der Waals surface area contributed by atoms with E-state index in [1.165, 1.54) is 7.11 Å². The molecule has 2 amide bonds. The molecule has 3 aromatic rings. The maximum Gasteiger partial charge on any atom is 0.407 e. The van der Waals surface area contributed by atoms with Gasteiger partial charge in [-0.05, 0) is 35.4 Å². The molecule has 2 aliphatic heterocycles. The molecule has 5 N–H and O–H groups in total. The van der Waals surface area contributed by atoms with Gasteiger partial charge in [-0.25, -0.2) is 14.8 Å². The number of rotatable bonds is 7. The number of nitrogens with two attached hydrogens (primary N) is 1. The lowest BCUT2D eigenvalue weighted by Crippen LogP contribution is -2.51. The van der Waals surface area contributed by atoms with Gasteiger partial charge < -0.3 is 31.0 Å². The summed E-state index contributed by atoms with van der Waals surface area (Å²) in [6, 6.07) is 15.9. The number of likely N-dealkylation sites (tertiary alicyclic amines) is 1. The zero-order valence-corrected chi connectivity index (χ0v) is 22.5. The van der Waals surface area contributed by atoms with Crippen molar-refractivity contribution in [3.8, 4) is 22.4 Å². The van der Waals surface area contributed by atoms with Gasteiger partial charge in [0.15, 0.2) is 5.96 Å². The first-order valence-corrected chi connectivity index (χ1v) is 13.3. The van der Waals surface area contributed by atoms with Crippen molar-refractivity contribution in [3.63, 3.8) is 0 Å². The van der Waals surface area contributed by atoms with Crippen LogP contribution in [0.2, 0.25) is 0 Å². The number of aromatic amines is 1. The number of aliphatic imine (C=N–C) groups is 1. The number of carbonyl (C=O) groups excluding carboxylic acids is 2. The number of hydrogen-bond acceptors (Lipinski definition) is 7. The highest BCUT2D eigenvalue weighted by Gasteiger charge is 2.37. The first-order valence-electron chi connectivity index (χ1n) is 13.3. The van der Waals surface area contributed by atoms with Crippen LogP contribution in [0.3, 0.4) is 0 Å². The molecule has 0 spiro atoms. The summed E-state index contributed by atoms with van der Waals surface area (Å²) >= 11 is 0. The van der Waals surface area contributed by atoms with Crippen molar-refractivity contribution < 1.29 is 14.3 Å². The highest BCUT2D eigenvalue weighted by molar-refractivity contribution is 5.86. The number of alkyl carbamates (subject to hydrolysis) is 1. The number of carbonyl (C=O) groups is 2. The number of methoxy groups -OCH3 is 1. The van der Waals surface area contributed by atoms with E-state index in [0.717, 1.165) is 53.2 Å². The van der Waals surface area contributed by atoms with Gasteiger partial charge in [0.2, 0.25) is 5.91 Å². The van der Waals surface area contributed by atoms with Crippen LogP contribution in [0.25, 0.3) is 22.4 Å². The Morgan fingerprint density at radius 1 is 1.08 bits per heavy atom. The van der Waals surface area contributed by atoms with Gasteiger partial charge in [-0.3, -0.25) is 4.79 Å². The second-order valence-corrected chi connectivity index (χ2v) is 10.3. The van der Waals surface area contributed by atoms with Crippen LogP contribution in [0.4, 0.5) is 4.79 Å². The van der Waals surface area contributed by atoms with Crippen LogP contribution in [0.15, 0.2) is 59.7 Å². The number of ether oxygens (including phenoxy) is 1. The third-order valence-corrected chi connectivity index (χ3v) is 7.42. The Bertz CT molecular complexity index is 1350. The van der Waals surface area contributed by atoms with Gasteiger partial charge in [-0.15, -0.1) is 0 Å². The minimum absolute atomic E-state index is 0.0572. The maximum absolute atomic E-state index is 13.4. The van der Waals surface area contributed by atoms with Gasteiger partial charge >= 0.3 is 6.09 Å². The Morgan fingerprint density at radius 3 is 2.36 bits per heavy atom. The largest absolute Gasteiger partial charge is 0.453 e. The Balaban J connectivity index is 1.28. The van der Waals surface area contributed by atoms with Gasteiger partial charge in [0, 0.05) is 24.8 Å². The molecular formula is C29H35N7O3. The fraction of sp³-hybridized carbons (Fsp3) is 0.379. The number of nitrogens with zero attached hydrogens (tertiary/aromatic N) is 3. The molecule has 5 rings (SSSR count). The highest BCUT2D eigenvalue weighted by atomic mass is 16.5. The second-order valence-electron chi connectivity index (χ2n) is 10.3. The summed E-state index contributed by atoms with van der Waals surface area (Å²) in [4.78, 5) is 39.6. The average Bonchev–Trinajstić information content (AvgIpc) is 3.72. The van der Waals surface area contributed by atoms with Crippen LogP contribution in [0.5, 0.6) is 0 Å². The summed E-state index contributed by atoms with van der Waals surface area (Å²) in [7, 11) is 1.30. The number of amides is 2. The minimum atomic E-state index is -0.658. The molecule has 2 aromatic carbocycles. The van der Waals surface area contributed by atoms with Crippen molar-refractivity contribution in [2.45, 2.75) is 44.8 Å². The van der Waals surface area contributed by atoms with E-state index in [9.17, 15) is 9.59 Å². The molecule has 10 nitrogen and oxygen atoms in total. The lowest BCUT2D eigenvalue weighted by molar-refractivity contribution is -0.135. The molecule has 1 fully saturated rings. The van der Waals surface area contributed by atoms with Crippen molar-refractivity contribution in [2.24, 2.45) is 16.6 Å². The molecule has 1 unspecified atom stereocenters. The van der Waals surface area contributed by atoms with Crippen LogP contribution < -0.4 is 16.4 Å². The first-order chi connectivity index (χ1) is 18.8.